The Kier molecular flexibility index (Phi) is 15.2. The van der Waals surface area contributed by atoms with Crippen molar-refractivity contribution in [2.45, 2.75) is 0 Å². The van der Waals surface area contributed by atoms with Crippen LogP contribution < -0.4 is 56.0 Å². The average molecular weight is 736 g/mol. The summed E-state index contributed by atoms with van der Waals surface area (Å²) in [6.07, 6.45) is 8.16. The number of ketones is 2. The first kappa shape index (κ1) is 41.0. The molecule has 6 rings (SSSR count). The van der Waals surface area contributed by atoms with Gasteiger partial charge in [0.15, 0.2) is 0 Å². The van der Waals surface area contributed by atoms with Crippen molar-refractivity contribution in [3.63, 3.8) is 0 Å². The van der Waals surface area contributed by atoms with Gasteiger partial charge >= 0.3 is 0 Å². The van der Waals surface area contributed by atoms with Crippen LogP contribution in [0.1, 0.15) is 43.2 Å². The maximum Gasteiger partial charge on any atom is 0.250 e. The Labute approximate surface area is 317 Å². The van der Waals surface area contributed by atoms with Crippen LogP contribution in [0.15, 0.2) is 109 Å². The van der Waals surface area contributed by atoms with Crippen molar-refractivity contribution in [3.8, 4) is 0 Å². The molecule has 0 aliphatic rings. The van der Waals surface area contributed by atoms with E-state index in [2.05, 4.69) is 22.8 Å². The number of hydrogen-bond acceptors (Lipinski definition) is 6. The summed E-state index contributed by atoms with van der Waals surface area (Å²) in [5, 5.41) is 8.08. The van der Waals surface area contributed by atoms with Crippen LogP contribution in [-0.4, -0.2) is 38.8 Å². The fraction of sp³-hybridized carbons (Fsp3) is 0.143. The first-order valence-electron chi connectivity index (χ1n) is 16.5. The van der Waals surface area contributed by atoms with E-state index in [1.165, 1.54) is 0 Å². The van der Waals surface area contributed by atoms with E-state index in [4.69, 9.17) is 11.5 Å². The van der Waals surface area contributed by atoms with Gasteiger partial charge in [-0.3, -0.25) is 9.59 Å². The van der Waals surface area contributed by atoms with Gasteiger partial charge in [0.2, 0.25) is 22.6 Å². The molecule has 2 aromatic heterocycles. The third kappa shape index (κ3) is 9.90. The van der Waals surface area contributed by atoms with Crippen molar-refractivity contribution in [1.29, 1.82) is 0 Å². The van der Waals surface area contributed by atoms with E-state index in [1.807, 2.05) is 145 Å². The van der Waals surface area contributed by atoms with E-state index in [0.29, 0.717) is 24.5 Å². The van der Waals surface area contributed by atoms with Gasteiger partial charge < -0.3 is 46.9 Å². The fourth-order valence-electron chi connectivity index (χ4n) is 5.82. The van der Waals surface area contributed by atoms with Gasteiger partial charge in [0.25, 0.3) is 11.4 Å². The first-order valence-corrected chi connectivity index (χ1v) is 16.5. The second kappa shape index (κ2) is 19.3. The molecule has 4 aromatic carbocycles. The third-order valence-electron chi connectivity index (χ3n) is 8.49. The number of para-hydroxylation sites is 2. The molecule has 0 spiro atoms. The normalized spacial score (nSPS) is 10.8. The molecule has 52 heavy (non-hydrogen) atoms. The molecular weight excluding hydrogens is 691 g/mol. The number of nitrogens with zero attached hydrogens (tertiary/aromatic N) is 2. The van der Waals surface area contributed by atoms with Crippen LogP contribution in [0.25, 0.3) is 46.1 Å². The summed E-state index contributed by atoms with van der Waals surface area (Å²) in [4.78, 5) is 24.9. The second-order valence-electron chi connectivity index (χ2n) is 12.0. The SMILES string of the molecule is CNCC(=O)c1cc(C=Cc2ccc(N)cc2)c2ccccc2[n+]1C.CNCC(=O)c1cc(C=Cc2ccc(N)cc2)c2ccccc2[n+]1C.[Cl-].[Cl-]. The summed E-state index contributed by atoms with van der Waals surface area (Å²) in [5.41, 5.74) is 20.6. The Balaban J connectivity index is 0.000000270. The van der Waals surface area contributed by atoms with E-state index < -0.39 is 0 Å². The van der Waals surface area contributed by atoms with Crippen LogP contribution in [0.5, 0.6) is 0 Å². The number of aryl methyl sites for hydroxylation is 2. The molecule has 0 aliphatic carbocycles. The predicted molar refractivity (Wildman–Crippen MR) is 206 cm³/mol. The number of Topliss-reactive ketones (excluding diaryl/α,β-unsaturated/α-hetero) is 2. The molecule has 0 atom stereocenters. The topological polar surface area (TPSA) is 118 Å². The van der Waals surface area contributed by atoms with E-state index in [9.17, 15) is 9.59 Å². The Bertz CT molecular complexity index is 2060. The van der Waals surface area contributed by atoms with Crippen LogP contribution in [0.2, 0.25) is 0 Å². The van der Waals surface area contributed by atoms with Crippen molar-refractivity contribution >= 4 is 69.1 Å². The van der Waals surface area contributed by atoms with E-state index in [-0.39, 0.29) is 36.4 Å². The molecule has 0 saturated carbocycles. The van der Waals surface area contributed by atoms with Crippen LogP contribution in [0.3, 0.4) is 0 Å². The monoisotopic (exact) mass is 734 g/mol. The van der Waals surface area contributed by atoms with Crippen LogP contribution in [0.4, 0.5) is 11.4 Å². The molecule has 0 unspecified atom stereocenters. The third-order valence-corrected chi connectivity index (χ3v) is 8.49. The molecule has 0 saturated heterocycles. The number of likely N-dealkylation sites (N-methyl/N-ethyl adjacent to an activating group) is 2. The Morgan fingerprint density at radius 2 is 0.904 bits per heavy atom. The highest BCUT2D eigenvalue weighted by Crippen LogP contribution is 2.22. The molecule has 2 heterocycles. The minimum absolute atomic E-state index is 0. The van der Waals surface area contributed by atoms with Crippen LogP contribution >= 0.6 is 0 Å². The second-order valence-corrected chi connectivity index (χ2v) is 12.0. The lowest BCUT2D eigenvalue weighted by Crippen LogP contribution is -3.00. The minimum atomic E-state index is 0. The maximum atomic E-state index is 12.5. The van der Waals surface area contributed by atoms with Crippen molar-refractivity contribution in [2.75, 3.05) is 38.7 Å². The number of rotatable bonds is 10. The number of anilines is 2. The fourth-order valence-corrected chi connectivity index (χ4v) is 5.82. The molecule has 0 radical (unpaired) electrons. The molecule has 0 amide bonds. The molecule has 0 fully saturated rings. The average Bonchev–Trinajstić information content (AvgIpc) is 3.13. The number of nitrogens with two attached hydrogens (primary N) is 2. The Morgan fingerprint density at radius 1 is 0.558 bits per heavy atom. The highest BCUT2D eigenvalue weighted by molar-refractivity contribution is 5.99. The van der Waals surface area contributed by atoms with Crippen LogP contribution in [0, 0.1) is 0 Å². The minimum Gasteiger partial charge on any atom is -1.00 e. The van der Waals surface area contributed by atoms with Gasteiger partial charge in [-0.15, -0.1) is 0 Å². The number of aromatic nitrogens is 2. The van der Waals surface area contributed by atoms with E-state index >= 15 is 0 Å². The number of pyridine rings is 2. The maximum absolute atomic E-state index is 12.5. The van der Waals surface area contributed by atoms with Gasteiger partial charge in [-0.05, 0) is 72.7 Å². The lowest BCUT2D eigenvalue weighted by atomic mass is 10.0. The predicted octanol–water partition coefficient (Wildman–Crippen LogP) is -0.354. The Hall–Kier alpha value is -5.38. The summed E-state index contributed by atoms with van der Waals surface area (Å²) in [6.45, 7) is 0.626. The number of hydrogen-bond donors (Lipinski definition) is 4. The lowest BCUT2D eigenvalue weighted by Gasteiger charge is -2.06. The highest BCUT2D eigenvalue weighted by atomic mass is 35.5. The first-order chi connectivity index (χ1) is 24.2. The van der Waals surface area contributed by atoms with Crippen LogP contribution in [-0.2, 0) is 14.1 Å². The molecule has 10 heteroatoms. The van der Waals surface area contributed by atoms with Crippen molar-refractivity contribution in [2.24, 2.45) is 14.1 Å². The number of halogens is 2. The standard InChI is InChI=1S/2C21H21N3O.2ClH/c2*1-23-14-21(25)20-13-16(10-7-15-8-11-17(22)12-9-15)18-5-3-4-6-19(18)24(20)2;;/h2*3-13,22-23H,14H2,1-2H3;2*1H. The van der Waals surface area contributed by atoms with Gasteiger partial charge in [-0.25, -0.2) is 0 Å². The molecule has 6 N–H and O–H groups in total. The van der Waals surface area contributed by atoms with Gasteiger partial charge in [0.05, 0.1) is 23.9 Å². The molecule has 0 aliphatic heterocycles. The smallest absolute Gasteiger partial charge is 0.250 e. The van der Waals surface area contributed by atoms with Gasteiger partial charge in [0.1, 0.15) is 14.1 Å². The summed E-state index contributed by atoms with van der Waals surface area (Å²) in [7, 11) is 7.42. The number of nitrogen functional groups attached to an aromatic ring is 2. The number of carbonyl (C=O) groups excluding carboxylic acids is 2. The highest BCUT2D eigenvalue weighted by Gasteiger charge is 2.22. The molecule has 8 nitrogen and oxygen atoms in total. The van der Waals surface area contributed by atoms with Gasteiger partial charge in [-0.2, -0.15) is 9.13 Å². The van der Waals surface area contributed by atoms with Crippen molar-refractivity contribution < 1.29 is 43.5 Å². The van der Waals surface area contributed by atoms with E-state index in [0.717, 1.165) is 55.4 Å². The summed E-state index contributed by atoms with van der Waals surface area (Å²) in [5.74, 6) is 0.135. The molecule has 0 bridgehead atoms. The van der Waals surface area contributed by atoms with Gasteiger partial charge in [-0.1, -0.05) is 72.8 Å². The molecule has 6 aromatic rings. The molecular formula is C42H44Cl2N6O2. The zero-order valence-corrected chi connectivity index (χ0v) is 31.2. The van der Waals surface area contributed by atoms with Crippen molar-refractivity contribution in [3.05, 3.63) is 143 Å². The number of fused-ring (bicyclic) bond motifs is 2. The summed E-state index contributed by atoms with van der Waals surface area (Å²) < 4.78 is 3.91. The van der Waals surface area contributed by atoms with Crippen molar-refractivity contribution in [1.82, 2.24) is 10.6 Å². The van der Waals surface area contributed by atoms with Gasteiger partial charge in [0, 0.05) is 35.6 Å². The number of nitrogens with one attached hydrogen (secondary N) is 2. The van der Waals surface area contributed by atoms with E-state index in [1.54, 1.807) is 14.1 Å². The summed E-state index contributed by atoms with van der Waals surface area (Å²) in [6, 6.07) is 35.5. The number of benzene rings is 4. The zero-order chi connectivity index (χ0) is 35.6. The largest absolute Gasteiger partial charge is 1.00 e. The lowest BCUT2D eigenvalue weighted by molar-refractivity contribution is -0.647. The zero-order valence-electron chi connectivity index (χ0n) is 29.7. The number of carbonyl (C=O) groups is 2. The Morgan fingerprint density at radius 3 is 1.25 bits per heavy atom. The summed E-state index contributed by atoms with van der Waals surface area (Å²) >= 11 is 0. The molecule has 268 valence electrons. The quantitative estimate of drug-likeness (QED) is 0.0869.